The lowest BCUT2D eigenvalue weighted by Gasteiger charge is -2.34. The van der Waals surface area contributed by atoms with Gasteiger partial charge in [0.1, 0.15) is 23.4 Å². The molecule has 0 spiro atoms. The molecule has 3 amide bonds. The van der Waals surface area contributed by atoms with Crippen LogP contribution >= 0.6 is 0 Å². The Labute approximate surface area is 214 Å². The van der Waals surface area contributed by atoms with Crippen molar-refractivity contribution >= 4 is 23.6 Å². The van der Waals surface area contributed by atoms with Gasteiger partial charge in [0.05, 0.1) is 0 Å². The number of unbranched alkanes of at least 4 members (excludes halogenated alkanes) is 2. The smallest absolute Gasteiger partial charge is 0.408 e. The average molecular weight is 498 g/mol. The number of phenolic OH excluding ortho intramolecular Hbond substituents is 1. The highest BCUT2D eigenvalue weighted by molar-refractivity contribution is 5.99. The number of phenols is 1. The number of nitrogens with zero attached hydrogens (tertiary/aromatic N) is 1. The molecule has 0 bridgehead atoms. The van der Waals surface area contributed by atoms with Crippen LogP contribution in [0, 0.1) is 6.92 Å². The van der Waals surface area contributed by atoms with Crippen molar-refractivity contribution in [1.82, 2.24) is 10.2 Å². The fourth-order valence-electron chi connectivity index (χ4n) is 3.74. The quantitative estimate of drug-likeness (QED) is 0.386. The monoisotopic (exact) mass is 497 g/mol. The first-order valence-electron chi connectivity index (χ1n) is 12.4. The first-order chi connectivity index (χ1) is 16.9. The number of carbonyl (C=O) groups is 3. The summed E-state index contributed by atoms with van der Waals surface area (Å²) < 4.78 is 5.31. The highest BCUT2D eigenvalue weighted by Crippen LogP contribution is 2.27. The maximum atomic E-state index is 13.7. The zero-order chi connectivity index (χ0) is 26.9. The fraction of sp³-hybridized carbons (Fsp3) is 0.464. The van der Waals surface area contributed by atoms with E-state index in [2.05, 4.69) is 17.6 Å². The Morgan fingerprint density at radius 3 is 2.25 bits per heavy atom. The number of aromatic hydroxyl groups is 1. The Hall–Kier alpha value is -3.55. The van der Waals surface area contributed by atoms with Gasteiger partial charge in [-0.2, -0.15) is 0 Å². The second kappa shape index (κ2) is 13.0. The second-order valence-electron chi connectivity index (χ2n) is 9.90. The third kappa shape index (κ3) is 8.59. The van der Waals surface area contributed by atoms with Crippen LogP contribution in [0.2, 0.25) is 0 Å². The number of anilines is 1. The van der Waals surface area contributed by atoms with Crippen molar-refractivity contribution < 1.29 is 24.2 Å². The SMILES string of the molecule is CCCCCN(C(=O)C(C)NC(=O)OC(C)(C)C)C(C(=O)Nc1ccccc1C)c1ccc(O)cc1. The van der Waals surface area contributed by atoms with Crippen LogP contribution in [0.3, 0.4) is 0 Å². The van der Waals surface area contributed by atoms with Crippen molar-refractivity contribution in [2.24, 2.45) is 0 Å². The molecule has 2 aromatic carbocycles. The normalized spacial score (nSPS) is 12.8. The Balaban J connectivity index is 2.42. The molecular formula is C28H39N3O5. The van der Waals surface area contributed by atoms with Crippen LogP contribution in [-0.4, -0.2) is 46.1 Å². The van der Waals surface area contributed by atoms with Crippen molar-refractivity contribution in [2.45, 2.75) is 78.5 Å². The van der Waals surface area contributed by atoms with E-state index in [9.17, 15) is 19.5 Å². The van der Waals surface area contributed by atoms with Crippen LogP contribution in [0.25, 0.3) is 0 Å². The van der Waals surface area contributed by atoms with Gasteiger partial charge in [0.15, 0.2) is 0 Å². The molecule has 0 fully saturated rings. The van der Waals surface area contributed by atoms with E-state index in [-0.39, 0.29) is 11.7 Å². The van der Waals surface area contributed by atoms with Crippen molar-refractivity contribution in [2.75, 3.05) is 11.9 Å². The number of alkyl carbamates (subject to hydrolysis) is 1. The van der Waals surface area contributed by atoms with Crippen molar-refractivity contribution in [3.05, 3.63) is 59.7 Å². The van der Waals surface area contributed by atoms with Crippen LogP contribution in [0.4, 0.5) is 10.5 Å². The number of hydrogen-bond donors (Lipinski definition) is 3. The van der Waals surface area contributed by atoms with Crippen LogP contribution < -0.4 is 10.6 Å². The van der Waals surface area contributed by atoms with E-state index in [1.807, 2.05) is 25.1 Å². The number of aryl methyl sites for hydroxylation is 1. The lowest BCUT2D eigenvalue weighted by molar-refractivity contribution is -0.140. The molecule has 0 saturated heterocycles. The Kier molecular flexibility index (Phi) is 10.3. The number of hydrogen-bond acceptors (Lipinski definition) is 5. The van der Waals surface area contributed by atoms with E-state index in [1.54, 1.807) is 45.9 Å². The molecule has 0 aliphatic carbocycles. The molecule has 0 aliphatic heterocycles. The number of benzene rings is 2. The summed E-state index contributed by atoms with van der Waals surface area (Å²) in [4.78, 5) is 41.2. The minimum Gasteiger partial charge on any atom is -0.508 e. The number of rotatable bonds is 10. The molecule has 8 heteroatoms. The zero-order valence-electron chi connectivity index (χ0n) is 22.1. The molecule has 0 saturated carbocycles. The molecule has 2 unspecified atom stereocenters. The first kappa shape index (κ1) is 28.7. The van der Waals surface area contributed by atoms with E-state index in [4.69, 9.17) is 4.74 Å². The van der Waals surface area contributed by atoms with E-state index in [0.29, 0.717) is 24.2 Å². The molecule has 0 radical (unpaired) electrons. The highest BCUT2D eigenvalue weighted by atomic mass is 16.6. The summed E-state index contributed by atoms with van der Waals surface area (Å²) in [5.41, 5.74) is 1.37. The summed E-state index contributed by atoms with van der Waals surface area (Å²) >= 11 is 0. The number of nitrogens with one attached hydrogen (secondary N) is 2. The van der Waals surface area contributed by atoms with Gasteiger partial charge in [-0.25, -0.2) is 4.79 Å². The van der Waals surface area contributed by atoms with Crippen molar-refractivity contribution in [3.8, 4) is 5.75 Å². The maximum Gasteiger partial charge on any atom is 0.408 e. The molecule has 36 heavy (non-hydrogen) atoms. The van der Waals surface area contributed by atoms with Gasteiger partial charge in [0.25, 0.3) is 5.91 Å². The minimum atomic E-state index is -0.975. The highest BCUT2D eigenvalue weighted by Gasteiger charge is 2.34. The summed E-state index contributed by atoms with van der Waals surface area (Å²) in [5, 5.41) is 15.4. The zero-order valence-corrected chi connectivity index (χ0v) is 22.1. The number of ether oxygens (including phenoxy) is 1. The van der Waals surface area contributed by atoms with Crippen molar-refractivity contribution in [1.29, 1.82) is 0 Å². The van der Waals surface area contributed by atoms with Gasteiger partial charge >= 0.3 is 6.09 Å². The van der Waals surface area contributed by atoms with Crippen LogP contribution in [0.15, 0.2) is 48.5 Å². The predicted octanol–water partition coefficient (Wildman–Crippen LogP) is 5.31. The van der Waals surface area contributed by atoms with Gasteiger partial charge in [0, 0.05) is 12.2 Å². The summed E-state index contributed by atoms with van der Waals surface area (Å²) in [6.07, 6.45) is 1.79. The number of amides is 3. The molecule has 0 aromatic heterocycles. The second-order valence-corrected chi connectivity index (χ2v) is 9.90. The molecule has 2 atom stereocenters. The molecule has 8 nitrogen and oxygen atoms in total. The largest absolute Gasteiger partial charge is 0.508 e. The third-order valence-electron chi connectivity index (χ3n) is 5.56. The lowest BCUT2D eigenvalue weighted by atomic mass is 10.0. The molecule has 0 aliphatic rings. The van der Waals surface area contributed by atoms with E-state index < -0.39 is 29.7 Å². The van der Waals surface area contributed by atoms with E-state index in [1.165, 1.54) is 17.0 Å². The van der Waals surface area contributed by atoms with Gasteiger partial charge in [-0.1, -0.05) is 50.1 Å². The number of para-hydroxylation sites is 1. The molecule has 0 heterocycles. The van der Waals surface area contributed by atoms with Crippen LogP contribution in [0.5, 0.6) is 5.75 Å². The van der Waals surface area contributed by atoms with Gasteiger partial charge in [0.2, 0.25) is 5.91 Å². The molecule has 196 valence electrons. The summed E-state index contributed by atoms with van der Waals surface area (Å²) in [6, 6.07) is 11.7. The van der Waals surface area contributed by atoms with E-state index in [0.717, 1.165) is 18.4 Å². The van der Waals surface area contributed by atoms with Crippen LogP contribution in [-0.2, 0) is 14.3 Å². The molecule has 2 aromatic rings. The lowest BCUT2D eigenvalue weighted by Crippen LogP contribution is -2.51. The molecular weight excluding hydrogens is 458 g/mol. The first-order valence-corrected chi connectivity index (χ1v) is 12.4. The van der Waals surface area contributed by atoms with Gasteiger partial charge in [-0.15, -0.1) is 0 Å². The molecule has 3 N–H and O–H groups in total. The predicted molar refractivity (Wildman–Crippen MR) is 141 cm³/mol. The van der Waals surface area contributed by atoms with Gasteiger partial charge < -0.3 is 25.4 Å². The van der Waals surface area contributed by atoms with E-state index >= 15 is 0 Å². The standard InChI is InChI=1S/C28H39N3O5/c1-7-8-11-18-31(26(34)20(3)29-27(35)36-28(4,5)6)24(21-14-16-22(32)17-15-21)25(33)30-23-13-10-9-12-19(23)2/h9-10,12-17,20,24,32H,7-8,11,18H2,1-6H3,(H,29,35)(H,30,33). The van der Waals surface area contributed by atoms with Crippen molar-refractivity contribution in [3.63, 3.8) is 0 Å². The summed E-state index contributed by atoms with van der Waals surface area (Å²) in [6.45, 7) is 11.1. The van der Waals surface area contributed by atoms with Gasteiger partial charge in [-0.3, -0.25) is 9.59 Å². The summed E-state index contributed by atoms with van der Waals surface area (Å²) in [5.74, 6) is -0.736. The van der Waals surface area contributed by atoms with Crippen LogP contribution in [0.1, 0.15) is 71.0 Å². The fourth-order valence-corrected chi connectivity index (χ4v) is 3.74. The Morgan fingerprint density at radius 1 is 1.03 bits per heavy atom. The maximum absolute atomic E-state index is 13.7. The Morgan fingerprint density at radius 2 is 1.67 bits per heavy atom. The van der Waals surface area contributed by atoms with Gasteiger partial charge in [-0.05, 0) is 70.4 Å². The Bertz CT molecular complexity index is 1030. The molecule has 2 rings (SSSR count). The topological polar surface area (TPSA) is 108 Å². The average Bonchev–Trinajstić information content (AvgIpc) is 2.79. The third-order valence-corrected chi connectivity index (χ3v) is 5.56. The number of carbonyl (C=O) groups excluding carboxylic acids is 3. The minimum absolute atomic E-state index is 0.0561. The summed E-state index contributed by atoms with van der Waals surface area (Å²) in [7, 11) is 0.